The van der Waals surface area contributed by atoms with Gasteiger partial charge in [0, 0.05) is 21.1 Å². The van der Waals surface area contributed by atoms with Gasteiger partial charge >= 0.3 is 0 Å². The molecule has 6 heteroatoms. The number of hydrogen-bond acceptors (Lipinski definition) is 3. The highest BCUT2D eigenvalue weighted by atomic mass is 35.5. The summed E-state index contributed by atoms with van der Waals surface area (Å²) >= 11 is 12.4. The average molecular weight is 420 g/mol. The Morgan fingerprint density at radius 2 is 1.62 bits per heavy atom. The molecule has 0 bridgehead atoms. The maximum atomic E-state index is 13.6. The van der Waals surface area contributed by atoms with Crippen LogP contribution < -0.4 is 10.2 Å². The van der Waals surface area contributed by atoms with E-state index in [1.54, 1.807) is 23.1 Å². The lowest BCUT2D eigenvalue weighted by Gasteiger charge is -2.37. The van der Waals surface area contributed by atoms with Crippen LogP contribution in [0.25, 0.3) is 10.9 Å². The molecule has 0 fully saturated rings. The summed E-state index contributed by atoms with van der Waals surface area (Å²) in [6, 6.07) is 24.3. The standard InChI is InChI=1S/C23H15Cl2N3O/c24-16-7-3-6-15(11-16)22-27-21-19(12-14-5-1-2-10-20(14)26-21)23(29)28(22)18-9-4-8-17(25)13-18/h1-13,22H,(H,26,27). The second kappa shape index (κ2) is 7.07. The Balaban J connectivity index is 1.72. The number of nitrogens with zero attached hydrogens (tertiary/aromatic N) is 2. The van der Waals surface area contributed by atoms with Crippen molar-refractivity contribution in [2.75, 3.05) is 10.2 Å². The molecule has 1 unspecified atom stereocenters. The molecule has 0 spiro atoms. The third kappa shape index (κ3) is 3.20. The van der Waals surface area contributed by atoms with Crippen molar-refractivity contribution >= 4 is 51.5 Å². The number of pyridine rings is 1. The third-order valence-corrected chi connectivity index (χ3v) is 5.43. The monoisotopic (exact) mass is 419 g/mol. The van der Waals surface area contributed by atoms with E-state index in [-0.39, 0.29) is 5.91 Å². The Morgan fingerprint density at radius 3 is 2.41 bits per heavy atom. The lowest BCUT2D eigenvalue weighted by atomic mass is 10.0. The van der Waals surface area contributed by atoms with Gasteiger partial charge in [0.1, 0.15) is 12.0 Å². The summed E-state index contributed by atoms with van der Waals surface area (Å²) in [4.78, 5) is 20.0. The van der Waals surface area contributed by atoms with Crippen LogP contribution in [0.2, 0.25) is 10.0 Å². The normalized spacial score (nSPS) is 15.9. The number of anilines is 2. The first-order valence-corrected chi connectivity index (χ1v) is 9.87. The van der Waals surface area contributed by atoms with Crippen molar-refractivity contribution in [1.82, 2.24) is 4.98 Å². The molecular weight excluding hydrogens is 405 g/mol. The maximum absolute atomic E-state index is 13.6. The Bertz CT molecular complexity index is 1260. The molecule has 1 atom stereocenters. The zero-order valence-electron chi connectivity index (χ0n) is 15.1. The fraction of sp³-hybridized carbons (Fsp3) is 0.0435. The van der Waals surface area contributed by atoms with Crippen LogP contribution in [0.15, 0.2) is 78.9 Å². The van der Waals surface area contributed by atoms with Gasteiger partial charge < -0.3 is 5.32 Å². The van der Waals surface area contributed by atoms with E-state index in [1.165, 1.54) is 0 Å². The lowest BCUT2D eigenvalue weighted by Crippen LogP contribution is -2.43. The molecule has 1 aliphatic rings. The Hall–Kier alpha value is -3.08. The van der Waals surface area contributed by atoms with Gasteiger partial charge in [-0.25, -0.2) is 4.98 Å². The van der Waals surface area contributed by atoms with Gasteiger partial charge in [-0.05, 0) is 48.0 Å². The summed E-state index contributed by atoms with van der Waals surface area (Å²) in [5.74, 6) is 0.404. The number of nitrogens with one attached hydrogen (secondary N) is 1. The summed E-state index contributed by atoms with van der Waals surface area (Å²) in [7, 11) is 0. The van der Waals surface area contributed by atoms with Crippen LogP contribution >= 0.6 is 23.2 Å². The molecule has 4 aromatic rings. The average Bonchev–Trinajstić information content (AvgIpc) is 2.72. The molecule has 1 aromatic heterocycles. The molecule has 0 aliphatic carbocycles. The van der Waals surface area contributed by atoms with Gasteiger partial charge in [-0.15, -0.1) is 0 Å². The van der Waals surface area contributed by atoms with Crippen LogP contribution in [-0.2, 0) is 0 Å². The van der Waals surface area contributed by atoms with Gasteiger partial charge in [-0.3, -0.25) is 9.69 Å². The summed E-state index contributed by atoms with van der Waals surface area (Å²) in [6.07, 6.45) is -0.471. The van der Waals surface area contributed by atoms with Crippen molar-refractivity contribution in [1.29, 1.82) is 0 Å². The van der Waals surface area contributed by atoms with E-state index in [4.69, 9.17) is 28.2 Å². The van der Waals surface area contributed by atoms with Crippen molar-refractivity contribution in [2.24, 2.45) is 0 Å². The highest BCUT2D eigenvalue weighted by Crippen LogP contribution is 2.38. The summed E-state index contributed by atoms with van der Waals surface area (Å²) in [6.45, 7) is 0. The highest BCUT2D eigenvalue weighted by molar-refractivity contribution is 6.31. The Labute approximate surface area is 177 Å². The largest absolute Gasteiger partial charge is 0.345 e. The number of benzene rings is 3. The van der Waals surface area contributed by atoms with E-state index >= 15 is 0 Å². The van der Waals surface area contributed by atoms with Crippen molar-refractivity contribution in [2.45, 2.75) is 6.17 Å². The van der Waals surface area contributed by atoms with Crippen molar-refractivity contribution in [3.8, 4) is 0 Å². The van der Waals surface area contributed by atoms with Crippen LogP contribution in [0, 0.1) is 0 Å². The van der Waals surface area contributed by atoms with Crippen molar-refractivity contribution in [3.63, 3.8) is 0 Å². The molecule has 29 heavy (non-hydrogen) atoms. The van der Waals surface area contributed by atoms with Crippen LogP contribution in [0.3, 0.4) is 0 Å². The number of rotatable bonds is 2. The third-order valence-electron chi connectivity index (χ3n) is 4.96. The molecule has 0 radical (unpaired) electrons. The van der Waals surface area contributed by atoms with E-state index < -0.39 is 6.17 Å². The summed E-state index contributed by atoms with van der Waals surface area (Å²) in [5.41, 5.74) is 2.89. The minimum absolute atomic E-state index is 0.149. The molecule has 0 saturated carbocycles. The predicted molar refractivity (Wildman–Crippen MR) is 118 cm³/mol. The van der Waals surface area contributed by atoms with Crippen LogP contribution in [0.1, 0.15) is 22.1 Å². The zero-order chi connectivity index (χ0) is 20.0. The Kier molecular flexibility index (Phi) is 4.38. The number of hydrogen-bond donors (Lipinski definition) is 1. The fourth-order valence-electron chi connectivity index (χ4n) is 3.63. The van der Waals surface area contributed by atoms with Crippen LogP contribution in [0.5, 0.6) is 0 Å². The lowest BCUT2D eigenvalue weighted by molar-refractivity contribution is 0.0974. The minimum Gasteiger partial charge on any atom is -0.345 e. The fourth-order valence-corrected chi connectivity index (χ4v) is 4.01. The van der Waals surface area contributed by atoms with E-state index in [1.807, 2.05) is 60.7 Å². The maximum Gasteiger partial charge on any atom is 0.264 e. The van der Waals surface area contributed by atoms with Crippen molar-refractivity contribution < 1.29 is 4.79 Å². The van der Waals surface area contributed by atoms with Gasteiger partial charge in [0.15, 0.2) is 0 Å². The molecule has 142 valence electrons. The zero-order valence-corrected chi connectivity index (χ0v) is 16.7. The first kappa shape index (κ1) is 18.0. The summed E-state index contributed by atoms with van der Waals surface area (Å²) in [5, 5.41) is 5.49. The second-order valence-corrected chi connectivity index (χ2v) is 7.71. The molecule has 1 aliphatic heterocycles. The molecular formula is C23H15Cl2N3O. The second-order valence-electron chi connectivity index (χ2n) is 6.83. The number of amides is 1. The van der Waals surface area contributed by atoms with Gasteiger partial charge in [-0.1, -0.05) is 59.6 Å². The smallest absolute Gasteiger partial charge is 0.264 e. The minimum atomic E-state index is -0.471. The quantitative estimate of drug-likeness (QED) is 0.413. The van der Waals surface area contributed by atoms with Crippen LogP contribution in [0.4, 0.5) is 11.5 Å². The number of fused-ring (bicyclic) bond motifs is 2. The van der Waals surface area contributed by atoms with E-state index in [0.29, 0.717) is 27.1 Å². The number of carbonyl (C=O) groups excluding carboxylic acids is 1. The molecule has 5 rings (SSSR count). The molecule has 0 saturated heterocycles. The summed E-state index contributed by atoms with van der Waals surface area (Å²) < 4.78 is 0. The molecule has 2 heterocycles. The van der Waals surface area contributed by atoms with E-state index in [2.05, 4.69) is 5.32 Å². The number of carbonyl (C=O) groups is 1. The first-order chi connectivity index (χ1) is 14.1. The number of halogens is 2. The van der Waals surface area contributed by atoms with Gasteiger partial charge in [0.25, 0.3) is 5.91 Å². The molecule has 4 nitrogen and oxygen atoms in total. The molecule has 1 amide bonds. The highest BCUT2D eigenvalue weighted by Gasteiger charge is 2.35. The first-order valence-electron chi connectivity index (χ1n) is 9.11. The van der Waals surface area contributed by atoms with Gasteiger partial charge in [0.2, 0.25) is 0 Å². The van der Waals surface area contributed by atoms with E-state index in [0.717, 1.165) is 16.5 Å². The van der Waals surface area contributed by atoms with Gasteiger partial charge in [-0.2, -0.15) is 0 Å². The van der Waals surface area contributed by atoms with Crippen LogP contribution in [-0.4, -0.2) is 10.9 Å². The van der Waals surface area contributed by atoms with Crippen molar-refractivity contribution in [3.05, 3.63) is 100 Å². The number of aromatic nitrogens is 1. The molecule has 3 aromatic carbocycles. The Morgan fingerprint density at radius 1 is 0.862 bits per heavy atom. The SMILES string of the molecule is O=C1c2cc3ccccc3nc2NC(c2cccc(Cl)c2)N1c1cccc(Cl)c1. The number of para-hydroxylation sites is 1. The predicted octanol–water partition coefficient (Wildman–Crippen LogP) is 6.31. The topological polar surface area (TPSA) is 45.2 Å². The van der Waals surface area contributed by atoms with Gasteiger partial charge in [0.05, 0.1) is 11.1 Å². The molecule has 1 N–H and O–H groups in total. The van der Waals surface area contributed by atoms with E-state index in [9.17, 15) is 4.79 Å².